The highest BCUT2D eigenvalue weighted by Crippen LogP contribution is 2.36. The van der Waals surface area contributed by atoms with Crippen LogP contribution >= 0.6 is 35.0 Å². The van der Waals surface area contributed by atoms with Gasteiger partial charge in [-0.3, -0.25) is 14.4 Å². The SMILES string of the molecule is CCc1c(O)nc(S[C@H]2CC(=O)N(c3ccc(Cl)cc3Cl)C2=O)[nH]c1=O. The van der Waals surface area contributed by atoms with Crippen LogP contribution in [0.4, 0.5) is 5.69 Å². The Morgan fingerprint density at radius 2 is 2.08 bits per heavy atom. The van der Waals surface area contributed by atoms with E-state index in [1.807, 2.05) is 0 Å². The van der Waals surface area contributed by atoms with E-state index in [9.17, 15) is 19.5 Å². The average Bonchev–Trinajstić information content (AvgIpc) is 2.82. The molecule has 0 radical (unpaired) electrons. The van der Waals surface area contributed by atoms with Crippen LogP contribution in [-0.4, -0.2) is 32.1 Å². The fourth-order valence-electron chi connectivity index (χ4n) is 2.59. The molecule has 0 aliphatic carbocycles. The summed E-state index contributed by atoms with van der Waals surface area (Å²) in [4.78, 5) is 44.3. The van der Waals surface area contributed by atoms with Gasteiger partial charge >= 0.3 is 0 Å². The van der Waals surface area contributed by atoms with E-state index >= 15 is 0 Å². The number of aromatic nitrogens is 2. The number of rotatable bonds is 4. The molecule has 7 nitrogen and oxygen atoms in total. The van der Waals surface area contributed by atoms with Crippen molar-refractivity contribution in [3.05, 3.63) is 44.2 Å². The molecular formula is C16H13Cl2N3O4S. The quantitative estimate of drug-likeness (QED) is 0.589. The number of nitrogens with zero attached hydrogens (tertiary/aromatic N) is 2. The third-order valence-corrected chi connectivity index (χ3v) is 5.44. The maximum Gasteiger partial charge on any atom is 0.258 e. The monoisotopic (exact) mass is 413 g/mol. The molecule has 1 fully saturated rings. The van der Waals surface area contributed by atoms with Gasteiger partial charge in [0.05, 0.1) is 16.3 Å². The summed E-state index contributed by atoms with van der Waals surface area (Å²) < 4.78 is 0. The maximum atomic E-state index is 12.7. The van der Waals surface area contributed by atoms with Crippen molar-refractivity contribution in [3.8, 4) is 5.88 Å². The van der Waals surface area contributed by atoms with Crippen LogP contribution in [0.5, 0.6) is 5.88 Å². The Hall–Kier alpha value is -2.03. The summed E-state index contributed by atoms with van der Waals surface area (Å²) in [5.41, 5.74) is -0.0607. The Morgan fingerprint density at radius 1 is 1.35 bits per heavy atom. The van der Waals surface area contributed by atoms with Crippen LogP contribution < -0.4 is 10.5 Å². The van der Waals surface area contributed by atoms with Crippen LogP contribution in [0.1, 0.15) is 18.9 Å². The van der Waals surface area contributed by atoms with Crippen LogP contribution in [0.2, 0.25) is 10.0 Å². The average molecular weight is 414 g/mol. The number of anilines is 1. The molecule has 1 atom stereocenters. The van der Waals surface area contributed by atoms with Crippen LogP contribution in [0.3, 0.4) is 0 Å². The number of hydrogen-bond acceptors (Lipinski definition) is 6. The fraction of sp³-hybridized carbons (Fsp3) is 0.250. The summed E-state index contributed by atoms with van der Waals surface area (Å²) in [5.74, 6) is -1.28. The zero-order chi connectivity index (χ0) is 19.0. The molecule has 26 heavy (non-hydrogen) atoms. The molecule has 3 rings (SSSR count). The zero-order valence-corrected chi connectivity index (χ0v) is 15.8. The van der Waals surface area contributed by atoms with Gasteiger partial charge in [0.15, 0.2) is 5.16 Å². The van der Waals surface area contributed by atoms with E-state index in [1.54, 1.807) is 6.92 Å². The lowest BCUT2D eigenvalue weighted by Crippen LogP contribution is -2.31. The molecule has 0 spiro atoms. The molecule has 2 N–H and O–H groups in total. The normalized spacial score (nSPS) is 17.2. The number of aromatic amines is 1. The summed E-state index contributed by atoms with van der Waals surface area (Å²) in [6, 6.07) is 4.47. The second-order valence-corrected chi connectivity index (χ2v) is 7.54. The smallest absolute Gasteiger partial charge is 0.258 e. The lowest BCUT2D eigenvalue weighted by atomic mass is 10.2. The number of nitrogens with one attached hydrogen (secondary N) is 1. The number of halogens is 2. The highest BCUT2D eigenvalue weighted by Gasteiger charge is 2.41. The third-order valence-electron chi connectivity index (χ3n) is 3.84. The predicted octanol–water partition coefficient (Wildman–Crippen LogP) is 2.77. The second kappa shape index (κ2) is 7.30. The first-order chi connectivity index (χ1) is 12.3. The van der Waals surface area contributed by atoms with Crippen molar-refractivity contribution in [1.29, 1.82) is 0 Å². The summed E-state index contributed by atoms with van der Waals surface area (Å²) in [5, 5.41) is 9.67. The van der Waals surface area contributed by atoms with Gasteiger partial charge in [0.25, 0.3) is 5.56 Å². The number of carbonyl (C=O) groups excluding carboxylic acids is 2. The van der Waals surface area contributed by atoms with Crippen LogP contribution in [-0.2, 0) is 16.0 Å². The predicted molar refractivity (Wildman–Crippen MR) is 99.1 cm³/mol. The van der Waals surface area contributed by atoms with E-state index in [4.69, 9.17) is 23.2 Å². The minimum atomic E-state index is -0.788. The highest BCUT2D eigenvalue weighted by molar-refractivity contribution is 8.00. The van der Waals surface area contributed by atoms with Gasteiger partial charge in [0.2, 0.25) is 17.7 Å². The summed E-state index contributed by atoms with van der Waals surface area (Å²) in [6.07, 6.45) is 0.241. The molecule has 10 heteroatoms. The number of imide groups is 1. The van der Waals surface area contributed by atoms with Crippen molar-refractivity contribution in [1.82, 2.24) is 9.97 Å². The lowest BCUT2D eigenvalue weighted by Gasteiger charge is -2.16. The van der Waals surface area contributed by atoms with Gasteiger partial charge in [0, 0.05) is 11.4 Å². The van der Waals surface area contributed by atoms with Gasteiger partial charge in [-0.2, -0.15) is 4.98 Å². The van der Waals surface area contributed by atoms with Crippen molar-refractivity contribution in [2.24, 2.45) is 0 Å². The molecule has 2 amide bonds. The fourth-order valence-corrected chi connectivity index (χ4v) is 4.07. The molecule has 1 saturated heterocycles. The zero-order valence-electron chi connectivity index (χ0n) is 13.5. The highest BCUT2D eigenvalue weighted by atomic mass is 35.5. The Morgan fingerprint density at radius 3 is 2.69 bits per heavy atom. The number of thioether (sulfide) groups is 1. The van der Waals surface area contributed by atoms with E-state index in [0.29, 0.717) is 11.4 Å². The van der Waals surface area contributed by atoms with Crippen molar-refractivity contribution < 1.29 is 14.7 Å². The van der Waals surface area contributed by atoms with E-state index in [0.717, 1.165) is 16.7 Å². The van der Waals surface area contributed by atoms with Crippen LogP contribution in [0.15, 0.2) is 28.2 Å². The first-order valence-electron chi connectivity index (χ1n) is 7.62. The number of aromatic hydroxyl groups is 1. The molecule has 2 aromatic rings. The number of H-pyrrole nitrogens is 1. The Kier molecular flexibility index (Phi) is 5.27. The Bertz CT molecular complexity index is 963. The van der Waals surface area contributed by atoms with Crippen LogP contribution in [0.25, 0.3) is 0 Å². The van der Waals surface area contributed by atoms with E-state index in [2.05, 4.69) is 9.97 Å². The van der Waals surface area contributed by atoms with Crippen molar-refractivity contribution in [2.75, 3.05) is 4.90 Å². The Labute approximate surface area is 162 Å². The molecule has 1 aromatic carbocycles. The second-order valence-electron chi connectivity index (χ2n) is 5.50. The number of amides is 2. The first-order valence-corrected chi connectivity index (χ1v) is 9.26. The molecule has 1 aliphatic heterocycles. The molecule has 136 valence electrons. The van der Waals surface area contributed by atoms with Crippen LogP contribution in [0, 0.1) is 0 Å². The Balaban J connectivity index is 1.87. The van der Waals surface area contributed by atoms with Gasteiger partial charge in [0.1, 0.15) is 5.25 Å². The number of hydrogen-bond donors (Lipinski definition) is 2. The standard InChI is InChI=1S/C16H13Cl2N3O4S/c1-2-8-13(23)19-16(20-14(8)24)26-11-6-12(22)21(15(11)25)10-4-3-7(17)5-9(10)18/h3-5,11H,2,6H2,1H3,(H2,19,20,23,24)/t11-/m0/s1. The lowest BCUT2D eigenvalue weighted by molar-refractivity contribution is -0.121. The molecular weight excluding hydrogens is 401 g/mol. The van der Waals surface area contributed by atoms with Gasteiger partial charge < -0.3 is 10.1 Å². The molecule has 1 aliphatic rings. The van der Waals surface area contributed by atoms with E-state index < -0.39 is 22.6 Å². The largest absolute Gasteiger partial charge is 0.493 e. The molecule has 2 heterocycles. The third kappa shape index (κ3) is 3.44. The number of carbonyl (C=O) groups is 2. The van der Waals surface area contributed by atoms with Crippen molar-refractivity contribution in [3.63, 3.8) is 0 Å². The molecule has 0 saturated carbocycles. The molecule has 0 unspecified atom stereocenters. The molecule has 1 aromatic heterocycles. The van der Waals surface area contributed by atoms with Gasteiger partial charge in [-0.25, -0.2) is 4.90 Å². The number of benzene rings is 1. The summed E-state index contributed by atoms with van der Waals surface area (Å²) in [6.45, 7) is 1.71. The van der Waals surface area contributed by atoms with Gasteiger partial charge in [-0.05, 0) is 24.6 Å². The van der Waals surface area contributed by atoms with E-state index in [-0.39, 0.29) is 33.7 Å². The molecule has 0 bridgehead atoms. The van der Waals surface area contributed by atoms with Crippen molar-refractivity contribution >= 4 is 52.5 Å². The minimum absolute atomic E-state index is 0.0694. The topological polar surface area (TPSA) is 103 Å². The van der Waals surface area contributed by atoms with E-state index in [1.165, 1.54) is 18.2 Å². The summed E-state index contributed by atoms with van der Waals surface area (Å²) >= 11 is 12.8. The van der Waals surface area contributed by atoms with Gasteiger partial charge in [-0.1, -0.05) is 41.9 Å². The minimum Gasteiger partial charge on any atom is -0.493 e. The first kappa shape index (κ1) is 18.8. The van der Waals surface area contributed by atoms with Gasteiger partial charge in [-0.15, -0.1) is 0 Å². The summed E-state index contributed by atoms with van der Waals surface area (Å²) in [7, 11) is 0. The van der Waals surface area contributed by atoms with Crippen molar-refractivity contribution in [2.45, 2.75) is 30.2 Å². The maximum absolute atomic E-state index is 12.7.